The van der Waals surface area contributed by atoms with E-state index in [0.717, 1.165) is 15.8 Å². The number of fused-ring (bicyclic) bond motifs is 1. The van der Waals surface area contributed by atoms with Gasteiger partial charge in [0.1, 0.15) is 4.38 Å². The molecule has 1 aliphatic rings. The molecular weight excluding hydrogens is 240 g/mol. The molecule has 1 unspecified atom stereocenters. The van der Waals surface area contributed by atoms with E-state index < -0.39 is 0 Å². The van der Waals surface area contributed by atoms with Gasteiger partial charge in [-0.3, -0.25) is 4.79 Å². The van der Waals surface area contributed by atoms with Crippen LogP contribution >= 0.6 is 23.5 Å². The second kappa shape index (κ2) is 4.93. The number of rotatable bonds is 2. The van der Waals surface area contributed by atoms with Gasteiger partial charge < -0.3 is 5.73 Å². The fourth-order valence-corrected chi connectivity index (χ4v) is 3.42. The summed E-state index contributed by atoms with van der Waals surface area (Å²) >= 11 is 3.09. The molecule has 2 N–H and O–H groups in total. The molecular formula is C11H12N2OS2. The first kappa shape index (κ1) is 11.5. The van der Waals surface area contributed by atoms with E-state index in [1.807, 2.05) is 18.2 Å². The Hall–Kier alpha value is -0.940. The van der Waals surface area contributed by atoms with E-state index >= 15 is 0 Å². The highest BCUT2D eigenvalue weighted by Crippen LogP contribution is 2.35. The van der Waals surface area contributed by atoms with Crippen LogP contribution in [0.2, 0.25) is 0 Å². The van der Waals surface area contributed by atoms with Gasteiger partial charge in [-0.25, -0.2) is 4.99 Å². The maximum Gasteiger partial charge on any atom is 0.230 e. The predicted octanol–water partition coefficient (Wildman–Crippen LogP) is 2.53. The molecule has 0 saturated carbocycles. The first-order valence-corrected chi connectivity index (χ1v) is 6.78. The topological polar surface area (TPSA) is 55.4 Å². The zero-order valence-corrected chi connectivity index (χ0v) is 10.5. The molecule has 0 saturated heterocycles. The Morgan fingerprint density at radius 1 is 1.56 bits per heavy atom. The highest BCUT2D eigenvalue weighted by atomic mass is 32.2. The number of amides is 1. The van der Waals surface area contributed by atoms with Crippen molar-refractivity contribution in [1.82, 2.24) is 0 Å². The Labute approximate surface area is 103 Å². The van der Waals surface area contributed by atoms with Gasteiger partial charge in [0.25, 0.3) is 0 Å². The molecule has 1 aromatic carbocycles. The maximum atomic E-state index is 11.0. The average Bonchev–Trinajstić information content (AvgIpc) is 2.28. The van der Waals surface area contributed by atoms with Crippen LogP contribution in [-0.4, -0.2) is 15.5 Å². The smallest absolute Gasteiger partial charge is 0.230 e. The summed E-state index contributed by atoms with van der Waals surface area (Å²) in [5, 5.41) is -0.225. The van der Waals surface area contributed by atoms with Crippen LogP contribution in [0.4, 0.5) is 5.69 Å². The van der Waals surface area contributed by atoms with Gasteiger partial charge in [0.05, 0.1) is 10.9 Å². The molecule has 1 amide bonds. The Balaban J connectivity index is 2.15. The quantitative estimate of drug-likeness (QED) is 0.880. The Kier molecular flexibility index (Phi) is 3.56. The summed E-state index contributed by atoms with van der Waals surface area (Å²) in [4.78, 5) is 15.5. The summed E-state index contributed by atoms with van der Waals surface area (Å²) < 4.78 is 0.921. The number of primary amides is 1. The summed E-state index contributed by atoms with van der Waals surface area (Å²) in [6.07, 6.45) is 0. The lowest BCUT2D eigenvalue weighted by molar-refractivity contribution is -0.117. The molecule has 0 radical (unpaired) electrons. The van der Waals surface area contributed by atoms with Crippen LogP contribution in [0, 0.1) is 0 Å². The number of nitrogens with two attached hydrogens (primary N) is 1. The summed E-state index contributed by atoms with van der Waals surface area (Å²) in [7, 11) is 0. The monoisotopic (exact) mass is 252 g/mol. The van der Waals surface area contributed by atoms with Crippen LogP contribution in [0.15, 0.2) is 29.3 Å². The number of aliphatic imine (C=N–C) groups is 1. The molecule has 84 valence electrons. The number of carbonyl (C=O) groups excluding carboxylic acids is 1. The van der Waals surface area contributed by atoms with Crippen molar-refractivity contribution < 1.29 is 4.79 Å². The standard InChI is InChI=1S/C11H12N2OS2/c1-7(10(12)14)16-11-13-9-5-3-2-4-8(9)6-15-11/h2-5,7H,6H2,1H3,(H2,12,14). The molecule has 1 aliphatic heterocycles. The van der Waals surface area contributed by atoms with E-state index in [1.165, 1.54) is 17.3 Å². The molecule has 0 fully saturated rings. The van der Waals surface area contributed by atoms with E-state index in [4.69, 9.17) is 5.73 Å². The Morgan fingerprint density at radius 3 is 3.06 bits per heavy atom. The van der Waals surface area contributed by atoms with Gasteiger partial charge in [-0.2, -0.15) is 0 Å². The van der Waals surface area contributed by atoms with Crippen molar-refractivity contribution >= 4 is 39.5 Å². The molecule has 1 atom stereocenters. The number of carbonyl (C=O) groups is 1. The molecule has 3 nitrogen and oxygen atoms in total. The van der Waals surface area contributed by atoms with Gasteiger partial charge in [-0.05, 0) is 18.6 Å². The van der Waals surface area contributed by atoms with Crippen LogP contribution in [-0.2, 0) is 10.5 Å². The molecule has 1 aromatic rings. The highest BCUT2D eigenvalue weighted by Gasteiger charge is 2.17. The number of hydrogen-bond donors (Lipinski definition) is 1. The third-order valence-corrected chi connectivity index (χ3v) is 4.55. The molecule has 2 rings (SSSR count). The van der Waals surface area contributed by atoms with Crippen molar-refractivity contribution in [2.45, 2.75) is 17.9 Å². The van der Waals surface area contributed by atoms with Gasteiger partial charge in [0, 0.05) is 5.75 Å². The molecule has 0 aromatic heterocycles. The first-order valence-electron chi connectivity index (χ1n) is 4.92. The Morgan fingerprint density at radius 2 is 2.31 bits per heavy atom. The molecule has 0 bridgehead atoms. The fraction of sp³-hybridized carbons (Fsp3) is 0.273. The van der Waals surface area contributed by atoms with Gasteiger partial charge >= 0.3 is 0 Å². The zero-order chi connectivity index (χ0) is 11.5. The van der Waals surface area contributed by atoms with E-state index in [1.54, 1.807) is 18.7 Å². The molecule has 16 heavy (non-hydrogen) atoms. The lowest BCUT2D eigenvalue weighted by Crippen LogP contribution is -2.23. The van der Waals surface area contributed by atoms with Crippen molar-refractivity contribution in [2.24, 2.45) is 10.7 Å². The van der Waals surface area contributed by atoms with E-state index in [2.05, 4.69) is 11.1 Å². The lowest BCUT2D eigenvalue weighted by atomic mass is 10.2. The fourth-order valence-electron chi connectivity index (χ4n) is 1.28. The molecule has 1 heterocycles. The van der Waals surface area contributed by atoms with Crippen molar-refractivity contribution in [3.8, 4) is 0 Å². The number of thioether (sulfide) groups is 2. The third kappa shape index (κ3) is 2.59. The third-order valence-electron chi connectivity index (χ3n) is 2.23. The van der Waals surface area contributed by atoms with E-state index in [-0.39, 0.29) is 11.2 Å². The second-order valence-electron chi connectivity index (χ2n) is 3.46. The SMILES string of the molecule is CC(SC1=Nc2ccccc2CS1)C(N)=O. The van der Waals surface area contributed by atoms with E-state index in [0.29, 0.717) is 0 Å². The summed E-state index contributed by atoms with van der Waals surface area (Å²) in [5.41, 5.74) is 7.46. The number of hydrogen-bond acceptors (Lipinski definition) is 4. The Bertz CT molecular complexity index is 445. The summed E-state index contributed by atoms with van der Waals surface area (Å²) in [5.74, 6) is 0.611. The van der Waals surface area contributed by atoms with Gasteiger partial charge in [0.2, 0.25) is 5.91 Å². The largest absolute Gasteiger partial charge is 0.369 e. The van der Waals surface area contributed by atoms with Crippen LogP contribution in [0.3, 0.4) is 0 Å². The predicted molar refractivity (Wildman–Crippen MR) is 71.1 cm³/mol. The number of nitrogens with zero attached hydrogens (tertiary/aromatic N) is 1. The van der Waals surface area contributed by atoms with Crippen LogP contribution in [0.1, 0.15) is 12.5 Å². The van der Waals surface area contributed by atoms with Crippen molar-refractivity contribution in [3.05, 3.63) is 29.8 Å². The number of para-hydroxylation sites is 1. The molecule has 0 aliphatic carbocycles. The molecule has 5 heteroatoms. The zero-order valence-electron chi connectivity index (χ0n) is 8.84. The number of benzene rings is 1. The minimum atomic E-state index is -0.299. The van der Waals surface area contributed by atoms with Crippen LogP contribution < -0.4 is 5.73 Å². The first-order chi connectivity index (χ1) is 7.66. The minimum absolute atomic E-state index is 0.225. The van der Waals surface area contributed by atoms with Crippen molar-refractivity contribution in [3.63, 3.8) is 0 Å². The summed E-state index contributed by atoms with van der Waals surface area (Å²) in [6.45, 7) is 1.80. The average molecular weight is 252 g/mol. The highest BCUT2D eigenvalue weighted by molar-refractivity contribution is 8.39. The summed E-state index contributed by atoms with van der Waals surface area (Å²) in [6, 6.07) is 8.05. The van der Waals surface area contributed by atoms with Gasteiger partial charge in [-0.15, -0.1) is 0 Å². The van der Waals surface area contributed by atoms with Gasteiger partial charge in [-0.1, -0.05) is 41.7 Å². The van der Waals surface area contributed by atoms with Gasteiger partial charge in [0.15, 0.2) is 0 Å². The minimum Gasteiger partial charge on any atom is -0.369 e. The van der Waals surface area contributed by atoms with Crippen molar-refractivity contribution in [1.29, 1.82) is 0 Å². The van der Waals surface area contributed by atoms with Crippen LogP contribution in [0.5, 0.6) is 0 Å². The lowest BCUT2D eigenvalue weighted by Gasteiger charge is -2.15. The van der Waals surface area contributed by atoms with Crippen molar-refractivity contribution in [2.75, 3.05) is 0 Å². The van der Waals surface area contributed by atoms with E-state index in [9.17, 15) is 4.79 Å². The maximum absolute atomic E-state index is 11.0. The normalized spacial score (nSPS) is 16.2. The molecule has 0 spiro atoms. The van der Waals surface area contributed by atoms with Crippen LogP contribution in [0.25, 0.3) is 0 Å². The second-order valence-corrected chi connectivity index (χ2v) is 6.01.